The second kappa shape index (κ2) is 9.26. The van der Waals surface area contributed by atoms with E-state index in [2.05, 4.69) is 0 Å². The van der Waals surface area contributed by atoms with Gasteiger partial charge in [-0.1, -0.05) is 31.6 Å². The Labute approximate surface area is 227 Å². The Bertz CT molecular complexity index is 1340. The Balaban J connectivity index is 1.70. The fourth-order valence-corrected chi connectivity index (χ4v) is 9.24. The third-order valence-corrected chi connectivity index (χ3v) is 12.0. The molecule has 2 saturated carbocycles. The molecule has 0 N–H and O–H groups in total. The van der Waals surface area contributed by atoms with Crippen LogP contribution in [0.5, 0.6) is 0 Å². The van der Waals surface area contributed by atoms with E-state index in [1.165, 1.54) is 0 Å². The van der Waals surface area contributed by atoms with Gasteiger partial charge in [0.05, 0.1) is 10.6 Å². The molecule has 39 heavy (non-hydrogen) atoms. The van der Waals surface area contributed by atoms with Crippen molar-refractivity contribution < 1.29 is 35.5 Å². The predicted octanol–water partition coefficient (Wildman–Crippen LogP) is 7.06. The van der Waals surface area contributed by atoms with Crippen molar-refractivity contribution in [2.45, 2.75) is 94.0 Å². The second-order valence-corrected chi connectivity index (χ2v) is 14.3. The molecule has 5 atom stereocenters. The summed E-state index contributed by atoms with van der Waals surface area (Å²) in [6.07, 6.45) is 4.25. The molecule has 0 saturated heterocycles. The van der Waals surface area contributed by atoms with Crippen LogP contribution in [0.2, 0.25) is 0 Å². The van der Waals surface area contributed by atoms with Crippen molar-refractivity contribution in [1.82, 2.24) is 0 Å². The van der Waals surface area contributed by atoms with Crippen LogP contribution in [0.4, 0.5) is 17.6 Å². The zero-order chi connectivity index (χ0) is 28.6. The van der Waals surface area contributed by atoms with Crippen LogP contribution in [0.1, 0.15) is 77.2 Å². The van der Waals surface area contributed by atoms with E-state index >= 15 is 8.78 Å². The first-order chi connectivity index (χ1) is 18.1. The SMILES string of the molecule is CCS(=O)(=O)c1ccc(C2C[C@@]3(C)C(CC[C@@]3(OC)C(F)(F)C(C)(F)F)C3CCC4=CC(=O)CCC4=C23)cc1. The zero-order valence-corrected chi connectivity index (χ0v) is 23.6. The van der Waals surface area contributed by atoms with Gasteiger partial charge in [-0.05, 0) is 85.3 Å². The van der Waals surface area contributed by atoms with Gasteiger partial charge < -0.3 is 4.74 Å². The average molecular weight is 569 g/mol. The molecule has 1 aromatic rings. The van der Waals surface area contributed by atoms with E-state index in [1.807, 2.05) is 0 Å². The summed E-state index contributed by atoms with van der Waals surface area (Å²) in [5.74, 6) is -9.46. The molecule has 0 aromatic heterocycles. The van der Waals surface area contributed by atoms with E-state index in [-0.39, 0.29) is 48.0 Å². The molecule has 214 valence electrons. The van der Waals surface area contributed by atoms with Gasteiger partial charge >= 0.3 is 11.8 Å². The molecule has 0 radical (unpaired) electrons. The summed E-state index contributed by atoms with van der Waals surface area (Å²) in [5, 5.41) is 0. The number of rotatable bonds is 6. The fourth-order valence-electron chi connectivity index (χ4n) is 8.36. The van der Waals surface area contributed by atoms with Crippen molar-refractivity contribution in [2.24, 2.45) is 17.3 Å². The maximum Gasteiger partial charge on any atom is 0.338 e. The summed E-state index contributed by atoms with van der Waals surface area (Å²) in [7, 11) is -2.32. The molecule has 0 bridgehead atoms. The molecule has 4 aliphatic carbocycles. The number of hydrogen-bond acceptors (Lipinski definition) is 4. The van der Waals surface area contributed by atoms with Gasteiger partial charge in [-0.3, -0.25) is 4.79 Å². The van der Waals surface area contributed by atoms with Gasteiger partial charge in [-0.15, -0.1) is 0 Å². The highest BCUT2D eigenvalue weighted by Crippen LogP contribution is 2.71. The van der Waals surface area contributed by atoms with Crippen molar-refractivity contribution >= 4 is 15.6 Å². The lowest BCUT2D eigenvalue weighted by Gasteiger charge is -2.57. The number of ether oxygens (including phenoxy) is 1. The molecule has 5 rings (SSSR count). The van der Waals surface area contributed by atoms with Crippen molar-refractivity contribution in [3.8, 4) is 0 Å². The lowest BCUT2D eigenvalue weighted by atomic mass is 9.50. The minimum absolute atomic E-state index is 0.0498. The molecule has 0 heterocycles. The highest BCUT2D eigenvalue weighted by Gasteiger charge is 2.77. The topological polar surface area (TPSA) is 60.4 Å². The van der Waals surface area contributed by atoms with Crippen LogP contribution in [-0.2, 0) is 19.4 Å². The van der Waals surface area contributed by atoms with E-state index < -0.39 is 38.6 Å². The summed E-state index contributed by atoms with van der Waals surface area (Å²) in [4.78, 5) is 12.4. The Morgan fingerprint density at radius 2 is 1.72 bits per heavy atom. The van der Waals surface area contributed by atoms with Crippen molar-refractivity contribution in [2.75, 3.05) is 12.9 Å². The van der Waals surface area contributed by atoms with Crippen LogP contribution in [0.15, 0.2) is 52.0 Å². The molecule has 4 aliphatic rings. The average Bonchev–Trinajstić information content (AvgIpc) is 3.20. The van der Waals surface area contributed by atoms with Gasteiger partial charge in [-0.25, -0.2) is 17.2 Å². The number of halogens is 4. The van der Waals surface area contributed by atoms with Crippen molar-refractivity contribution in [3.05, 3.63) is 52.6 Å². The first-order valence-corrected chi connectivity index (χ1v) is 15.4. The van der Waals surface area contributed by atoms with Crippen LogP contribution in [-0.4, -0.2) is 44.5 Å². The Hall–Kier alpha value is -2.00. The number of fused-ring (bicyclic) bond motifs is 4. The first kappa shape index (κ1) is 28.5. The molecule has 1 aromatic carbocycles. The number of carbonyl (C=O) groups is 1. The van der Waals surface area contributed by atoms with Crippen LogP contribution >= 0.6 is 0 Å². The smallest absolute Gasteiger partial charge is 0.338 e. The maximum absolute atomic E-state index is 15.8. The van der Waals surface area contributed by atoms with E-state index in [0.717, 1.165) is 29.4 Å². The normalized spacial score (nSPS) is 33.4. The zero-order valence-electron chi connectivity index (χ0n) is 22.8. The minimum atomic E-state index is -4.40. The quantitative estimate of drug-likeness (QED) is 0.345. The first-order valence-electron chi connectivity index (χ1n) is 13.7. The number of allylic oxidation sites excluding steroid dienone is 4. The number of methoxy groups -OCH3 is 1. The lowest BCUT2D eigenvalue weighted by Crippen LogP contribution is -2.66. The van der Waals surface area contributed by atoms with Crippen LogP contribution in [0.25, 0.3) is 0 Å². The van der Waals surface area contributed by atoms with Crippen molar-refractivity contribution in [3.63, 3.8) is 0 Å². The van der Waals surface area contributed by atoms with E-state index in [0.29, 0.717) is 32.1 Å². The molecule has 9 heteroatoms. The lowest BCUT2D eigenvalue weighted by molar-refractivity contribution is -0.323. The third-order valence-electron chi connectivity index (χ3n) is 10.3. The Kier molecular flexibility index (Phi) is 6.78. The van der Waals surface area contributed by atoms with Gasteiger partial charge in [0.15, 0.2) is 15.6 Å². The number of ketones is 1. The molecule has 2 fully saturated rings. The Morgan fingerprint density at radius 1 is 1.05 bits per heavy atom. The predicted molar refractivity (Wildman–Crippen MR) is 140 cm³/mol. The number of sulfone groups is 1. The van der Waals surface area contributed by atoms with Crippen LogP contribution < -0.4 is 0 Å². The number of alkyl halides is 4. The molecule has 0 spiro atoms. The van der Waals surface area contributed by atoms with E-state index in [1.54, 1.807) is 44.2 Å². The monoisotopic (exact) mass is 568 g/mol. The number of hydrogen-bond donors (Lipinski definition) is 0. The van der Waals surface area contributed by atoms with Crippen molar-refractivity contribution in [1.29, 1.82) is 0 Å². The van der Waals surface area contributed by atoms with Gasteiger partial charge in [0.25, 0.3) is 0 Å². The second-order valence-electron chi connectivity index (χ2n) is 12.0. The fraction of sp³-hybridized carbons (Fsp3) is 0.633. The largest absolute Gasteiger partial charge is 0.371 e. The van der Waals surface area contributed by atoms with Gasteiger partial charge in [0, 0.05) is 31.8 Å². The van der Waals surface area contributed by atoms with E-state index in [4.69, 9.17) is 4.74 Å². The highest BCUT2D eigenvalue weighted by atomic mass is 32.2. The molecular formula is C30H36F4O4S. The molecule has 0 aliphatic heterocycles. The number of carbonyl (C=O) groups excluding carboxylic acids is 1. The maximum atomic E-state index is 15.8. The molecule has 0 amide bonds. The summed E-state index contributed by atoms with van der Waals surface area (Å²) < 4.78 is 91.2. The Morgan fingerprint density at radius 3 is 2.31 bits per heavy atom. The summed E-state index contributed by atoms with van der Waals surface area (Å²) in [6, 6.07) is 6.53. The molecule has 4 nitrogen and oxygen atoms in total. The highest BCUT2D eigenvalue weighted by molar-refractivity contribution is 7.91. The minimum Gasteiger partial charge on any atom is -0.371 e. The summed E-state index contributed by atoms with van der Waals surface area (Å²) >= 11 is 0. The van der Waals surface area contributed by atoms with Gasteiger partial charge in [-0.2, -0.15) is 8.78 Å². The van der Waals surface area contributed by atoms with E-state index in [9.17, 15) is 22.0 Å². The van der Waals surface area contributed by atoms with Gasteiger partial charge in [0.2, 0.25) is 0 Å². The number of benzene rings is 1. The summed E-state index contributed by atoms with van der Waals surface area (Å²) in [5.41, 5.74) is 0.306. The molecular weight excluding hydrogens is 532 g/mol. The standard InChI is InChI=1S/C30H36F4O4S/c1-5-39(36,37)21-10-6-18(7-11-21)24-17-27(2)25(14-15-29(27,38-4)30(33,34)28(3,31)32)23-12-8-19-16-20(35)9-13-22(19)26(23)24/h6-7,10-11,16,23-25H,5,8-9,12-15,17H2,1-4H3/t23?,24?,25?,27-,29-/m0/s1. The third kappa shape index (κ3) is 4.00. The molecule has 3 unspecified atom stereocenters. The van der Waals surface area contributed by atoms with Crippen LogP contribution in [0, 0.1) is 17.3 Å². The summed E-state index contributed by atoms with van der Waals surface area (Å²) in [6.45, 7) is 3.52. The van der Waals surface area contributed by atoms with Gasteiger partial charge in [0.1, 0.15) is 5.60 Å². The van der Waals surface area contributed by atoms with Crippen LogP contribution in [0.3, 0.4) is 0 Å².